The Bertz CT molecular complexity index is 620. The molecule has 0 saturated carbocycles. The molecule has 1 aromatic heterocycles. The lowest BCUT2D eigenvalue weighted by Gasteiger charge is -2.35. The number of hydrogen-bond donors (Lipinski definition) is 1. The van der Waals surface area contributed by atoms with Crippen molar-refractivity contribution in [1.82, 2.24) is 14.8 Å². The fourth-order valence-electron chi connectivity index (χ4n) is 2.79. The van der Waals surface area contributed by atoms with Crippen LogP contribution < -0.4 is 10.6 Å². The van der Waals surface area contributed by atoms with E-state index in [0.717, 1.165) is 31.3 Å². The van der Waals surface area contributed by atoms with E-state index in [1.165, 1.54) is 0 Å². The molecule has 2 rings (SSSR count). The van der Waals surface area contributed by atoms with Gasteiger partial charge >= 0.3 is 6.09 Å². The van der Waals surface area contributed by atoms with Gasteiger partial charge in [-0.05, 0) is 26.7 Å². The Morgan fingerprint density at radius 2 is 2.07 bits per heavy atom. The van der Waals surface area contributed by atoms with E-state index < -0.39 is 5.60 Å². The lowest BCUT2D eigenvalue weighted by atomic mass is 10.2. The molecule has 1 atom stereocenters. The molecule has 1 aliphatic heterocycles. The Morgan fingerprint density at radius 1 is 1.41 bits per heavy atom. The highest BCUT2D eigenvalue weighted by Gasteiger charge is 2.22. The number of nitrogens with zero attached hydrogens (tertiary/aromatic N) is 5. The molecule has 8 nitrogen and oxygen atoms in total. The number of guanidine groups is 1. The van der Waals surface area contributed by atoms with Crippen LogP contribution in [0, 0.1) is 5.92 Å². The van der Waals surface area contributed by atoms with Gasteiger partial charge in [0.05, 0.1) is 0 Å². The van der Waals surface area contributed by atoms with E-state index in [4.69, 9.17) is 10.5 Å². The summed E-state index contributed by atoms with van der Waals surface area (Å²) in [6.45, 7) is 12.2. The molecule has 0 aliphatic carbocycles. The second-order valence-electron chi connectivity index (χ2n) is 7.95. The van der Waals surface area contributed by atoms with Gasteiger partial charge in [-0.1, -0.05) is 6.92 Å². The van der Waals surface area contributed by atoms with E-state index in [-0.39, 0.29) is 12.0 Å². The van der Waals surface area contributed by atoms with Crippen LogP contribution in [0.25, 0.3) is 0 Å². The third-order valence-electron chi connectivity index (χ3n) is 4.15. The summed E-state index contributed by atoms with van der Waals surface area (Å²) in [5, 5.41) is 3.05. The Hall–Kier alpha value is -2.03. The van der Waals surface area contributed by atoms with Gasteiger partial charge < -0.3 is 25.2 Å². The Balaban J connectivity index is 1.75. The molecule has 1 aromatic rings. The zero-order chi connectivity index (χ0) is 20.0. The molecule has 1 aliphatic rings. The number of aromatic nitrogens is 1. The first-order valence-corrected chi connectivity index (χ1v) is 10.2. The number of anilines is 1. The van der Waals surface area contributed by atoms with Crippen LogP contribution in [-0.4, -0.2) is 78.8 Å². The van der Waals surface area contributed by atoms with Crippen molar-refractivity contribution in [3.05, 3.63) is 11.6 Å². The van der Waals surface area contributed by atoms with E-state index in [2.05, 4.69) is 26.7 Å². The van der Waals surface area contributed by atoms with Crippen molar-refractivity contribution in [2.75, 3.05) is 51.2 Å². The van der Waals surface area contributed by atoms with Gasteiger partial charge in [-0.15, -0.1) is 11.3 Å². The summed E-state index contributed by atoms with van der Waals surface area (Å²) >= 11 is 1.66. The van der Waals surface area contributed by atoms with Gasteiger partial charge in [0.2, 0.25) is 0 Å². The fraction of sp³-hybridized carbons (Fsp3) is 0.722. The highest BCUT2D eigenvalue weighted by Crippen LogP contribution is 2.18. The molecule has 1 saturated heterocycles. The largest absolute Gasteiger partial charge is 0.444 e. The van der Waals surface area contributed by atoms with E-state index in [1.807, 2.05) is 32.3 Å². The zero-order valence-electron chi connectivity index (χ0n) is 17.0. The average molecular weight is 397 g/mol. The number of aliphatic imine (C=N–C) groups is 1. The summed E-state index contributed by atoms with van der Waals surface area (Å²) in [6, 6.07) is 0. The van der Waals surface area contributed by atoms with Crippen LogP contribution in [0.15, 0.2) is 16.6 Å². The van der Waals surface area contributed by atoms with E-state index in [0.29, 0.717) is 19.0 Å². The molecule has 152 valence electrons. The van der Waals surface area contributed by atoms with Crippen molar-refractivity contribution in [1.29, 1.82) is 0 Å². The lowest BCUT2D eigenvalue weighted by Crippen LogP contribution is -2.51. The minimum atomic E-state index is -0.488. The normalized spacial score (nSPS) is 17.0. The van der Waals surface area contributed by atoms with Gasteiger partial charge in [0.25, 0.3) is 0 Å². The highest BCUT2D eigenvalue weighted by atomic mass is 32.1. The molecule has 1 unspecified atom stereocenters. The third kappa shape index (κ3) is 6.89. The van der Waals surface area contributed by atoms with Crippen molar-refractivity contribution in [3.8, 4) is 0 Å². The molecule has 1 fully saturated rings. The average Bonchev–Trinajstić information content (AvgIpc) is 3.13. The van der Waals surface area contributed by atoms with Gasteiger partial charge in [0.1, 0.15) is 5.60 Å². The second-order valence-corrected chi connectivity index (χ2v) is 8.83. The Kier molecular flexibility index (Phi) is 7.29. The number of rotatable bonds is 5. The predicted octanol–water partition coefficient (Wildman–Crippen LogP) is 2.08. The number of thiazole rings is 1. The van der Waals surface area contributed by atoms with Crippen LogP contribution in [0.2, 0.25) is 0 Å². The summed E-state index contributed by atoms with van der Waals surface area (Å²) in [7, 11) is 1.75. The molecule has 27 heavy (non-hydrogen) atoms. The molecule has 2 heterocycles. The smallest absolute Gasteiger partial charge is 0.410 e. The molecule has 2 N–H and O–H groups in total. The van der Waals surface area contributed by atoms with Crippen molar-refractivity contribution in [2.24, 2.45) is 16.6 Å². The molecule has 0 aromatic carbocycles. The predicted molar refractivity (Wildman–Crippen MR) is 110 cm³/mol. The number of hydrogen-bond acceptors (Lipinski definition) is 6. The van der Waals surface area contributed by atoms with Gasteiger partial charge in [-0.2, -0.15) is 0 Å². The third-order valence-corrected chi connectivity index (χ3v) is 4.98. The van der Waals surface area contributed by atoms with E-state index in [1.54, 1.807) is 23.3 Å². The first-order valence-electron chi connectivity index (χ1n) is 9.29. The standard InChI is InChI=1S/C18H32N6O2S/c1-14(13-22(5)17(25)26-18(2,3)4)12-21-15(19)23-7-9-24(10-8-23)16-20-6-11-27-16/h6,11,14H,7-10,12-13H2,1-5H3,(H2,19,21). The number of amides is 1. The summed E-state index contributed by atoms with van der Waals surface area (Å²) in [5.41, 5.74) is 5.69. The molecule has 0 radical (unpaired) electrons. The minimum absolute atomic E-state index is 0.192. The molecular weight excluding hydrogens is 364 g/mol. The van der Waals surface area contributed by atoms with Crippen LogP contribution in [0.5, 0.6) is 0 Å². The van der Waals surface area contributed by atoms with E-state index in [9.17, 15) is 4.79 Å². The Morgan fingerprint density at radius 3 is 2.63 bits per heavy atom. The quantitative estimate of drug-likeness (QED) is 0.606. The number of carbonyl (C=O) groups is 1. The number of carbonyl (C=O) groups excluding carboxylic acids is 1. The maximum Gasteiger partial charge on any atom is 0.410 e. The van der Waals surface area contributed by atoms with Gasteiger partial charge in [0.15, 0.2) is 11.1 Å². The SMILES string of the molecule is CC(CN=C(N)N1CCN(c2nccs2)CC1)CN(C)C(=O)OC(C)(C)C. The maximum atomic E-state index is 12.0. The molecule has 1 amide bonds. The van der Waals surface area contributed by atoms with Crippen LogP contribution in [0.3, 0.4) is 0 Å². The molecule has 0 spiro atoms. The first kappa shape index (κ1) is 21.3. The highest BCUT2D eigenvalue weighted by molar-refractivity contribution is 7.13. The molecular formula is C18H32N6O2S. The maximum absolute atomic E-state index is 12.0. The second kappa shape index (κ2) is 9.25. The van der Waals surface area contributed by atoms with Crippen molar-refractivity contribution >= 4 is 28.5 Å². The lowest BCUT2D eigenvalue weighted by molar-refractivity contribution is 0.0279. The Labute approximate surface area is 166 Å². The first-order chi connectivity index (χ1) is 12.7. The van der Waals surface area contributed by atoms with Crippen LogP contribution >= 0.6 is 11.3 Å². The van der Waals surface area contributed by atoms with Gasteiger partial charge in [-0.3, -0.25) is 4.99 Å². The topological polar surface area (TPSA) is 87.3 Å². The monoisotopic (exact) mass is 396 g/mol. The number of ether oxygens (including phenoxy) is 1. The summed E-state index contributed by atoms with van der Waals surface area (Å²) < 4.78 is 5.37. The van der Waals surface area contributed by atoms with Crippen molar-refractivity contribution in [3.63, 3.8) is 0 Å². The van der Waals surface area contributed by atoms with Crippen LogP contribution in [0.1, 0.15) is 27.7 Å². The van der Waals surface area contributed by atoms with Crippen LogP contribution in [-0.2, 0) is 4.74 Å². The molecule has 9 heteroatoms. The van der Waals surface area contributed by atoms with Crippen molar-refractivity contribution < 1.29 is 9.53 Å². The number of piperazine rings is 1. The summed E-state index contributed by atoms with van der Waals surface area (Å²) in [5.74, 6) is 0.762. The van der Waals surface area contributed by atoms with E-state index >= 15 is 0 Å². The summed E-state index contributed by atoms with van der Waals surface area (Å²) in [6.07, 6.45) is 1.52. The van der Waals surface area contributed by atoms with Gasteiger partial charge in [-0.25, -0.2) is 9.78 Å². The molecule has 0 bridgehead atoms. The van der Waals surface area contributed by atoms with Crippen molar-refractivity contribution in [2.45, 2.75) is 33.3 Å². The minimum Gasteiger partial charge on any atom is -0.444 e. The summed E-state index contributed by atoms with van der Waals surface area (Å²) in [4.78, 5) is 26.9. The number of nitrogens with two attached hydrogens (primary N) is 1. The van der Waals surface area contributed by atoms with Gasteiger partial charge in [0, 0.05) is 57.9 Å². The zero-order valence-corrected chi connectivity index (χ0v) is 17.8. The fourth-order valence-corrected chi connectivity index (χ4v) is 3.48. The van der Waals surface area contributed by atoms with Crippen LogP contribution in [0.4, 0.5) is 9.93 Å².